The number of nitrogens with one attached hydrogen (secondary N) is 2. The molecule has 0 fully saturated rings. The van der Waals surface area contributed by atoms with Gasteiger partial charge in [-0.25, -0.2) is 4.68 Å². The molecule has 3 N–H and O–H groups in total. The lowest BCUT2D eigenvalue weighted by molar-refractivity contribution is -0.137. The maximum Gasteiger partial charge on any atom is 0.305 e. The Balaban J connectivity index is 2.35. The second-order valence-corrected chi connectivity index (χ2v) is 7.46. The number of nitrogens with zero attached hydrogens (tertiary/aromatic N) is 3. The van der Waals surface area contributed by atoms with E-state index in [0.29, 0.717) is 25.3 Å². The van der Waals surface area contributed by atoms with Crippen molar-refractivity contribution in [1.29, 1.82) is 0 Å². The van der Waals surface area contributed by atoms with E-state index in [4.69, 9.17) is 9.84 Å². The van der Waals surface area contributed by atoms with Gasteiger partial charge in [0.2, 0.25) is 5.91 Å². The van der Waals surface area contributed by atoms with Gasteiger partial charge >= 0.3 is 5.97 Å². The minimum Gasteiger partial charge on any atom is -0.481 e. The number of carboxylic acid groups (broad SMARTS) is 1. The third kappa shape index (κ3) is 7.81. The largest absolute Gasteiger partial charge is 0.481 e. The first kappa shape index (κ1) is 21.9. The standard InChI is InChI=1S/C17H31N5O4/c1-16(2,22-12-13(18-5)20-21-22)9-11-26-17(3,4)8-6-14(23)19-10-7-15(24)25/h12,18H,6-11H2,1-5H3,(H,19,23)(H,24,25). The van der Waals surface area contributed by atoms with Gasteiger partial charge in [0, 0.05) is 26.6 Å². The molecule has 0 unspecified atom stereocenters. The Morgan fingerprint density at radius 1 is 1.23 bits per heavy atom. The summed E-state index contributed by atoms with van der Waals surface area (Å²) in [5, 5.41) is 22.3. The van der Waals surface area contributed by atoms with Gasteiger partial charge in [-0.2, -0.15) is 0 Å². The molecule has 0 saturated carbocycles. The van der Waals surface area contributed by atoms with Crippen LogP contribution in [0.4, 0.5) is 5.82 Å². The van der Waals surface area contributed by atoms with Crippen molar-refractivity contribution >= 4 is 17.7 Å². The van der Waals surface area contributed by atoms with Crippen LogP contribution in [-0.4, -0.2) is 57.8 Å². The first-order valence-electron chi connectivity index (χ1n) is 8.79. The molecule has 9 heteroatoms. The summed E-state index contributed by atoms with van der Waals surface area (Å²) in [5.41, 5.74) is -0.689. The number of aromatic nitrogens is 3. The lowest BCUT2D eigenvalue weighted by Crippen LogP contribution is -2.33. The molecule has 1 rings (SSSR count). The summed E-state index contributed by atoms with van der Waals surface area (Å²) in [6.07, 6.45) is 3.38. The Kier molecular flexibility index (Phi) is 8.01. The molecule has 0 saturated heterocycles. The van der Waals surface area contributed by atoms with Gasteiger partial charge < -0.3 is 20.5 Å². The van der Waals surface area contributed by atoms with E-state index in [1.165, 1.54) is 0 Å². The third-order valence-electron chi connectivity index (χ3n) is 4.19. The Labute approximate surface area is 154 Å². The van der Waals surface area contributed by atoms with Gasteiger partial charge in [-0.3, -0.25) is 9.59 Å². The number of hydrogen-bond donors (Lipinski definition) is 3. The van der Waals surface area contributed by atoms with E-state index in [1.807, 2.05) is 24.7 Å². The number of amides is 1. The Hall–Kier alpha value is -2.16. The highest BCUT2D eigenvalue weighted by molar-refractivity contribution is 5.76. The van der Waals surface area contributed by atoms with Crippen molar-refractivity contribution in [3.8, 4) is 0 Å². The molecule has 148 valence electrons. The number of hydrogen-bond acceptors (Lipinski definition) is 6. The molecule has 0 aliphatic rings. The fraction of sp³-hybridized carbons (Fsp3) is 0.765. The van der Waals surface area contributed by atoms with Crippen LogP contribution in [0.2, 0.25) is 0 Å². The predicted molar refractivity (Wildman–Crippen MR) is 98.0 cm³/mol. The quantitative estimate of drug-likeness (QED) is 0.512. The lowest BCUT2D eigenvalue weighted by Gasteiger charge is -2.29. The van der Waals surface area contributed by atoms with Gasteiger partial charge in [-0.05, 0) is 40.5 Å². The Morgan fingerprint density at radius 2 is 1.92 bits per heavy atom. The number of rotatable bonds is 12. The van der Waals surface area contributed by atoms with E-state index < -0.39 is 11.6 Å². The van der Waals surface area contributed by atoms with Crippen LogP contribution in [-0.2, 0) is 19.9 Å². The highest BCUT2D eigenvalue weighted by Crippen LogP contribution is 2.23. The molecule has 0 radical (unpaired) electrons. The molecular weight excluding hydrogens is 338 g/mol. The van der Waals surface area contributed by atoms with Crippen LogP contribution in [0.1, 0.15) is 53.4 Å². The zero-order chi connectivity index (χ0) is 19.8. The molecular formula is C17H31N5O4. The van der Waals surface area contributed by atoms with Crippen LogP contribution in [0.5, 0.6) is 0 Å². The van der Waals surface area contributed by atoms with Gasteiger partial charge in [0.25, 0.3) is 0 Å². The van der Waals surface area contributed by atoms with Crippen molar-refractivity contribution in [2.45, 2.75) is 64.5 Å². The van der Waals surface area contributed by atoms with E-state index in [0.717, 1.165) is 6.42 Å². The highest BCUT2D eigenvalue weighted by atomic mass is 16.5. The van der Waals surface area contributed by atoms with E-state index in [1.54, 1.807) is 7.05 Å². The van der Waals surface area contributed by atoms with Crippen molar-refractivity contribution in [3.63, 3.8) is 0 Å². The molecule has 0 spiro atoms. The molecule has 0 aliphatic heterocycles. The average Bonchev–Trinajstić information content (AvgIpc) is 3.02. The highest BCUT2D eigenvalue weighted by Gasteiger charge is 2.25. The van der Waals surface area contributed by atoms with Crippen molar-refractivity contribution in [1.82, 2.24) is 20.3 Å². The van der Waals surface area contributed by atoms with Crippen LogP contribution in [0, 0.1) is 0 Å². The summed E-state index contributed by atoms with van der Waals surface area (Å²) in [5.74, 6) is -0.371. The van der Waals surface area contributed by atoms with E-state index in [2.05, 4.69) is 34.8 Å². The number of carboxylic acids is 1. The molecule has 26 heavy (non-hydrogen) atoms. The summed E-state index contributed by atoms with van der Waals surface area (Å²) >= 11 is 0. The minimum absolute atomic E-state index is 0.0712. The van der Waals surface area contributed by atoms with Crippen molar-refractivity contribution < 1.29 is 19.4 Å². The van der Waals surface area contributed by atoms with Crippen LogP contribution < -0.4 is 10.6 Å². The zero-order valence-electron chi connectivity index (χ0n) is 16.3. The molecule has 9 nitrogen and oxygen atoms in total. The molecule has 1 heterocycles. The maximum atomic E-state index is 11.7. The van der Waals surface area contributed by atoms with E-state index in [9.17, 15) is 9.59 Å². The molecule has 1 amide bonds. The number of aliphatic carboxylic acids is 1. The van der Waals surface area contributed by atoms with E-state index >= 15 is 0 Å². The Bertz CT molecular complexity index is 598. The molecule has 0 aromatic carbocycles. The number of anilines is 1. The van der Waals surface area contributed by atoms with Crippen molar-refractivity contribution in [3.05, 3.63) is 6.20 Å². The second kappa shape index (κ2) is 9.51. The van der Waals surface area contributed by atoms with Crippen LogP contribution in [0.25, 0.3) is 0 Å². The van der Waals surface area contributed by atoms with Crippen molar-refractivity contribution in [2.24, 2.45) is 0 Å². The summed E-state index contributed by atoms with van der Waals surface area (Å²) < 4.78 is 7.77. The SMILES string of the molecule is CNc1cn(C(C)(C)CCOC(C)(C)CCC(=O)NCCC(=O)O)nn1. The zero-order valence-corrected chi connectivity index (χ0v) is 16.3. The normalized spacial score (nSPS) is 12.0. The van der Waals surface area contributed by atoms with Gasteiger partial charge in [0.1, 0.15) is 0 Å². The monoisotopic (exact) mass is 369 g/mol. The summed E-state index contributed by atoms with van der Waals surface area (Å²) in [6, 6.07) is 0. The first-order chi connectivity index (χ1) is 12.1. The third-order valence-corrected chi connectivity index (χ3v) is 4.19. The fourth-order valence-corrected chi connectivity index (χ4v) is 2.25. The smallest absolute Gasteiger partial charge is 0.305 e. The van der Waals surface area contributed by atoms with Gasteiger partial charge in [-0.1, -0.05) is 5.21 Å². The average molecular weight is 369 g/mol. The van der Waals surface area contributed by atoms with E-state index in [-0.39, 0.29) is 24.4 Å². The predicted octanol–water partition coefficient (Wildman–Crippen LogP) is 1.61. The minimum atomic E-state index is -0.925. The maximum absolute atomic E-state index is 11.7. The molecule has 0 aliphatic carbocycles. The van der Waals surface area contributed by atoms with Crippen molar-refractivity contribution in [2.75, 3.05) is 25.5 Å². The lowest BCUT2D eigenvalue weighted by atomic mass is 10.00. The number of ether oxygens (including phenoxy) is 1. The fourth-order valence-electron chi connectivity index (χ4n) is 2.25. The van der Waals surface area contributed by atoms with Crippen LogP contribution in [0.3, 0.4) is 0 Å². The van der Waals surface area contributed by atoms with Gasteiger partial charge in [0.15, 0.2) is 5.82 Å². The summed E-state index contributed by atoms with van der Waals surface area (Å²) in [4.78, 5) is 22.2. The summed E-state index contributed by atoms with van der Waals surface area (Å²) in [6.45, 7) is 8.69. The number of carbonyl (C=O) groups is 2. The topological polar surface area (TPSA) is 118 Å². The van der Waals surface area contributed by atoms with Gasteiger partial charge in [-0.15, -0.1) is 5.10 Å². The second-order valence-electron chi connectivity index (χ2n) is 7.46. The molecule has 1 aromatic rings. The molecule has 0 atom stereocenters. The first-order valence-corrected chi connectivity index (χ1v) is 8.79. The van der Waals surface area contributed by atoms with Crippen LogP contribution >= 0.6 is 0 Å². The molecule has 0 bridgehead atoms. The molecule has 1 aromatic heterocycles. The Morgan fingerprint density at radius 3 is 2.50 bits per heavy atom. The van der Waals surface area contributed by atoms with Crippen LogP contribution in [0.15, 0.2) is 6.20 Å². The number of carbonyl (C=O) groups excluding carboxylic acids is 1. The van der Waals surface area contributed by atoms with Gasteiger partial charge in [0.05, 0.1) is 23.8 Å². The summed E-state index contributed by atoms with van der Waals surface area (Å²) in [7, 11) is 1.80.